The van der Waals surface area contributed by atoms with Crippen LogP contribution >= 0.6 is 23.2 Å². The molecule has 2 heteroatoms. The van der Waals surface area contributed by atoms with E-state index in [1.807, 2.05) is 0 Å². The third kappa shape index (κ3) is 3.49. The second kappa shape index (κ2) is 7.33. The Bertz CT molecular complexity index is 712. The first-order chi connectivity index (χ1) is 11.8. The van der Waals surface area contributed by atoms with E-state index < -0.39 is 0 Å². The van der Waals surface area contributed by atoms with E-state index in [1.165, 1.54) is 42.4 Å². The van der Waals surface area contributed by atoms with Crippen molar-refractivity contribution in [2.24, 2.45) is 0 Å². The van der Waals surface area contributed by atoms with Crippen LogP contribution in [0.3, 0.4) is 0 Å². The van der Waals surface area contributed by atoms with E-state index in [-0.39, 0.29) is 5.41 Å². The lowest BCUT2D eigenvalue weighted by atomic mass is 9.72. The molecule has 0 amide bonds. The quantitative estimate of drug-likeness (QED) is 0.506. The molecule has 25 heavy (non-hydrogen) atoms. The average Bonchev–Trinajstić information content (AvgIpc) is 3.04. The van der Waals surface area contributed by atoms with E-state index >= 15 is 0 Å². The fourth-order valence-electron chi connectivity index (χ4n) is 4.32. The van der Waals surface area contributed by atoms with Gasteiger partial charge in [0.25, 0.3) is 0 Å². The summed E-state index contributed by atoms with van der Waals surface area (Å²) in [7, 11) is 0. The summed E-state index contributed by atoms with van der Waals surface area (Å²) in [6.07, 6.45) is 4.85. The molecule has 0 N–H and O–H groups in total. The predicted molar refractivity (Wildman–Crippen MR) is 110 cm³/mol. The van der Waals surface area contributed by atoms with E-state index in [1.54, 1.807) is 0 Å². The molecule has 0 radical (unpaired) electrons. The van der Waals surface area contributed by atoms with Crippen LogP contribution in [-0.4, -0.2) is 0 Å². The third-order valence-electron chi connectivity index (χ3n) is 5.80. The predicted octanol–water partition coefficient (Wildman–Crippen LogP) is 8.10. The molecule has 0 atom stereocenters. The van der Waals surface area contributed by atoms with E-state index in [2.05, 4.69) is 64.1 Å². The van der Waals surface area contributed by atoms with Gasteiger partial charge in [-0.05, 0) is 59.1 Å². The van der Waals surface area contributed by atoms with Crippen molar-refractivity contribution in [2.45, 2.75) is 70.6 Å². The Hall–Kier alpha value is -0.980. The van der Waals surface area contributed by atoms with Crippen LogP contribution in [0.2, 0.25) is 10.0 Å². The average molecular weight is 375 g/mol. The third-order valence-corrected chi connectivity index (χ3v) is 6.42. The van der Waals surface area contributed by atoms with Crippen molar-refractivity contribution >= 4 is 23.2 Å². The normalized spacial score (nSPS) is 16.8. The van der Waals surface area contributed by atoms with Crippen LogP contribution in [0.5, 0.6) is 0 Å². The van der Waals surface area contributed by atoms with Gasteiger partial charge in [-0.25, -0.2) is 0 Å². The molecule has 2 aromatic rings. The molecular formula is C23H28Cl2. The summed E-state index contributed by atoms with van der Waals surface area (Å²) in [6, 6.07) is 13.5. The van der Waals surface area contributed by atoms with Gasteiger partial charge in [0.05, 0.1) is 0 Å². The van der Waals surface area contributed by atoms with Gasteiger partial charge in [-0.1, -0.05) is 88.0 Å². The molecule has 0 heterocycles. The lowest BCUT2D eigenvalue weighted by Gasteiger charge is -2.32. The number of halogens is 2. The SMILES string of the molecule is CC(C)c1ccc(C2(c3cc(Cl)c(C(C)C)c(Cl)c3)CCCC2)cc1. The molecule has 0 spiro atoms. The van der Waals surface area contributed by atoms with Crippen LogP contribution in [0.15, 0.2) is 36.4 Å². The van der Waals surface area contributed by atoms with E-state index in [0.29, 0.717) is 11.8 Å². The highest BCUT2D eigenvalue weighted by Crippen LogP contribution is 2.48. The maximum absolute atomic E-state index is 6.64. The maximum Gasteiger partial charge on any atom is 0.0458 e. The molecule has 1 fully saturated rings. The fraction of sp³-hybridized carbons (Fsp3) is 0.478. The van der Waals surface area contributed by atoms with Crippen LogP contribution < -0.4 is 0 Å². The molecule has 1 aliphatic rings. The summed E-state index contributed by atoms with van der Waals surface area (Å²) in [5, 5.41) is 1.62. The minimum atomic E-state index is 0.0539. The van der Waals surface area contributed by atoms with Gasteiger partial charge in [0, 0.05) is 15.5 Å². The second-order valence-corrected chi connectivity index (χ2v) is 8.89. The minimum absolute atomic E-state index is 0.0539. The Morgan fingerprint density at radius 1 is 0.760 bits per heavy atom. The number of hydrogen-bond acceptors (Lipinski definition) is 0. The van der Waals surface area contributed by atoms with Crippen molar-refractivity contribution in [3.63, 3.8) is 0 Å². The van der Waals surface area contributed by atoms with Gasteiger partial charge in [0.1, 0.15) is 0 Å². The van der Waals surface area contributed by atoms with Crippen LogP contribution in [0, 0.1) is 0 Å². The van der Waals surface area contributed by atoms with Gasteiger partial charge in [-0.3, -0.25) is 0 Å². The number of benzene rings is 2. The molecule has 0 nitrogen and oxygen atoms in total. The number of hydrogen-bond donors (Lipinski definition) is 0. The lowest BCUT2D eigenvalue weighted by molar-refractivity contribution is 0.534. The second-order valence-electron chi connectivity index (χ2n) is 8.07. The first kappa shape index (κ1) is 18.8. The van der Waals surface area contributed by atoms with E-state index in [4.69, 9.17) is 23.2 Å². The molecule has 0 unspecified atom stereocenters. The van der Waals surface area contributed by atoms with Gasteiger partial charge >= 0.3 is 0 Å². The first-order valence-electron chi connectivity index (χ1n) is 9.45. The summed E-state index contributed by atoms with van der Waals surface area (Å²) >= 11 is 13.3. The Labute approximate surface area is 162 Å². The first-order valence-corrected chi connectivity index (χ1v) is 10.2. The fourth-order valence-corrected chi connectivity index (χ4v) is 5.25. The Balaban J connectivity index is 2.10. The van der Waals surface area contributed by atoms with Crippen LogP contribution in [-0.2, 0) is 5.41 Å². The Morgan fingerprint density at radius 2 is 1.28 bits per heavy atom. The molecular weight excluding hydrogens is 347 g/mol. The van der Waals surface area contributed by atoms with Crippen molar-refractivity contribution in [1.82, 2.24) is 0 Å². The van der Waals surface area contributed by atoms with Crippen molar-refractivity contribution in [1.29, 1.82) is 0 Å². The summed E-state index contributed by atoms with van der Waals surface area (Å²) in [5.74, 6) is 0.890. The largest absolute Gasteiger partial charge is 0.0840 e. The zero-order valence-corrected chi connectivity index (χ0v) is 17.2. The Morgan fingerprint density at radius 3 is 1.72 bits per heavy atom. The van der Waals surface area contributed by atoms with Crippen molar-refractivity contribution in [3.8, 4) is 0 Å². The smallest absolute Gasteiger partial charge is 0.0458 e. The van der Waals surface area contributed by atoms with E-state index in [9.17, 15) is 0 Å². The van der Waals surface area contributed by atoms with Crippen molar-refractivity contribution in [3.05, 3.63) is 68.7 Å². The molecule has 134 valence electrons. The maximum atomic E-state index is 6.64. The summed E-state index contributed by atoms with van der Waals surface area (Å²) < 4.78 is 0. The van der Waals surface area contributed by atoms with Crippen LogP contribution in [0.1, 0.15) is 87.5 Å². The van der Waals surface area contributed by atoms with Gasteiger partial charge < -0.3 is 0 Å². The molecule has 1 saturated carbocycles. The summed E-state index contributed by atoms with van der Waals surface area (Å²) in [6.45, 7) is 8.76. The van der Waals surface area contributed by atoms with Gasteiger partial charge in [-0.15, -0.1) is 0 Å². The zero-order valence-electron chi connectivity index (χ0n) is 15.7. The molecule has 0 aromatic heterocycles. The van der Waals surface area contributed by atoms with Crippen LogP contribution in [0.4, 0.5) is 0 Å². The lowest BCUT2D eigenvalue weighted by Crippen LogP contribution is -2.24. The summed E-state index contributed by atoms with van der Waals surface area (Å²) in [5.41, 5.74) is 5.19. The van der Waals surface area contributed by atoms with Crippen molar-refractivity contribution in [2.75, 3.05) is 0 Å². The molecule has 1 aliphatic carbocycles. The molecule has 2 aromatic carbocycles. The molecule has 0 aliphatic heterocycles. The Kier molecular flexibility index (Phi) is 5.51. The highest BCUT2D eigenvalue weighted by molar-refractivity contribution is 6.36. The summed E-state index contributed by atoms with van der Waals surface area (Å²) in [4.78, 5) is 0. The topological polar surface area (TPSA) is 0 Å². The highest BCUT2D eigenvalue weighted by atomic mass is 35.5. The zero-order chi connectivity index (χ0) is 18.2. The number of rotatable bonds is 4. The van der Waals surface area contributed by atoms with E-state index in [0.717, 1.165) is 15.6 Å². The monoisotopic (exact) mass is 374 g/mol. The van der Waals surface area contributed by atoms with Gasteiger partial charge in [-0.2, -0.15) is 0 Å². The standard InChI is InChI=1S/C23H28Cl2/c1-15(2)17-7-9-18(10-8-17)23(11-5-6-12-23)19-13-20(24)22(16(3)4)21(25)14-19/h7-10,13-16H,5-6,11-12H2,1-4H3. The molecule has 0 saturated heterocycles. The minimum Gasteiger partial charge on any atom is -0.0840 e. The highest BCUT2D eigenvalue weighted by Gasteiger charge is 2.38. The molecule has 0 bridgehead atoms. The van der Waals surface area contributed by atoms with Crippen molar-refractivity contribution < 1.29 is 0 Å². The van der Waals surface area contributed by atoms with Gasteiger partial charge in [0.15, 0.2) is 0 Å². The van der Waals surface area contributed by atoms with Gasteiger partial charge in [0.2, 0.25) is 0 Å². The van der Waals surface area contributed by atoms with Crippen LogP contribution in [0.25, 0.3) is 0 Å². The molecule has 3 rings (SSSR count).